The Balaban J connectivity index is 0.000000711. The zero-order valence-electron chi connectivity index (χ0n) is 8.12. The summed E-state index contributed by atoms with van der Waals surface area (Å²) in [6.07, 6.45) is 0. The highest BCUT2D eigenvalue weighted by atomic mass is 31.3. The van der Waals surface area contributed by atoms with Crippen LogP contribution in [-0.4, -0.2) is 25.7 Å². The fourth-order valence-corrected chi connectivity index (χ4v) is 4.96. The first-order valence-electron chi connectivity index (χ1n) is 3.55. The molecule has 3 unspecified atom stereocenters. The molecule has 1 aliphatic rings. The molecule has 0 bridgehead atoms. The summed E-state index contributed by atoms with van der Waals surface area (Å²) in [5.41, 5.74) is 0. The topological polar surface area (TPSA) is 85.6 Å². The number of halogens is 7. The second-order valence-corrected chi connectivity index (χ2v) is 7.61. The van der Waals surface area contributed by atoms with E-state index >= 15 is 0 Å². The Morgan fingerprint density at radius 3 is 2.11 bits per heavy atom. The quantitative estimate of drug-likeness (QED) is 0.423. The molecule has 0 spiro atoms. The number of rotatable bonds is 2. The maximum atomic E-state index is 13.0. The molecule has 1 heterocycles. The van der Waals surface area contributed by atoms with Crippen LogP contribution in [0, 0.1) is 0 Å². The molecule has 0 saturated carbocycles. The Labute approximate surface area is 104 Å². The average molecular weight is 379 g/mol. The van der Waals surface area contributed by atoms with Gasteiger partial charge in [0.2, 0.25) is 0 Å². The van der Waals surface area contributed by atoms with E-state index in [0.717, 1.165) is 0 Å². The SMILES string of the molecule is FC(F)OP1(F)=NP(F)N(F)P(F)N1F.O=[PH](O)O. The van der Waals surface area contributed by atoms with Crippen LogP contribution < -0.4 is 0 Å². The highest BCUT2D eigenvalue weighted by molar-refractivity contribution is 7.77. The minimum absolute atomic E-state index is 1.31. The Morgan fingerprint density at radius 1 is 1.32 bits per heavy atom. The van der Waals surface area contributed by atoms with Crippen LogP contribution in [0.25, 0.3) is 0 Å². The van der Waals surface area contributed by atoms with Gasteiger partial charge >= 0.3 is 39.7 Å². The third-order valence-electron chi connectivity index (χ3n) is 1.01. The molecular weight excluding hydrogens is 375 g/mol. The molecule has 7 nitrogen and oxygen atoms in total. The summed E-state index contributed by atoms with van der Waals surface area (Å²) >= 11 is 0. The van der Waals surface area contributed by atoms with Gasteiger partial charge < -0.3 is 9.79 Å². The first-order valence-corrected chi connectivity index (χ1v) is 8.63. The van der Waals surface area contributed by atoms with E-state index in [2.05, 4.69) is 9.04 Å². The van der Waals surface area contributed by atoms with Gasteiger partial charge in [-0.2, -0.15) is 25.9 Å². The Morgan fingerprint density at radius 2 is 1.74 bits per heavy atom. The van der Waals surface area contributed by atoms with Gasteiger partial charge in [0, 0.05) is 4.66 Å². The van der Waals surface area contributed by atoms with Crippen LogP contribution in [0.2, 0.25) is 0 Å². The van der Waals surface area contributed by atoms with Gasteiger partial charge in [0.25, 0.3) is 0 Å². The van der Waals surface area contributed by atoms with Crippen molar-refractivity contribution in [1.29, 1.82) is 0 Å². The summed E-state index contributed by atoms with van der Waals surface area (Å²) in [6, 6.07) is 0. The number of hydrogen-bond donors (Lipinski definition) is 2. The van der Waals surface area contributed by atoms with E-state index in [1.807, 2.05) is 0 Å². The summed E-state index contributed by atoms with van der Waals surface area (Å²) in [6.45, 7) is -3.82. The standard InChI is InChI=1S/CHF7N3OP3.H3O3P/c2-1(3)12-15(8)9-13(6)10(4)14(7)11(15)5;1-4(2)3/h1H;4H,(H2,1,2,3). The van der Waals surface area contributed by atoms with E-state index in [9.17, 15) is 30.3 Å². The predicted molar refractivity (Wildman–Crippen MR) is 52.9 cm³/mol. The number of hydrogen-bond acceptors (Lipinski definition) is 5. The minimum atomic E-state index is -5.59. The smallest absolute Gasteiger partial charge is 0.326 e. The number of alkyl halides is 2. The normalized spacial score (nSPS) is 33.0. The molecule has 0 fully saturated rings. The van der Waals surface area contributed by atoms with Crippen molar-refractivity contribution >= 4 is 33.1 Å². The molecule has 0 aromatic rings. The summed E-state index contributed by atoms with van der Waals surface area (Å²) < 4.78 is 97.0. The monoisotopic (exact) mass is 379 g/mol. The zero-order chi connectivity index (χ0) is 15.4. The second-order valence-electron chi connectivity index (χ2n) is 2.17. The van der Waals surface area contributed by atoms with Gasteiger partial charge in [0.15, 0.2) is 0 Å². The van der Waals surface area contributed by atoms with Crippen LogP contribution >= 0.6 is 33.1 Å². The molecule has 0 amide bonds. The summed E-state index contributed by atoms with van der Waals surface area (Å²) in [5, 5.41) is 0. The van der Waals surface area contributed by atoms with E-state index in [0.29, 0.717) is 0 Å². The maximum Gasteiger partial charge on any atom is 0.376 e. The molecule has 3 atom stereocenters. The van der Waals surface area contributed by atoms with Gasteiger partial charge in [-0.3, -0.25) is 4.57 Å². The molecule has 0 aromatic carbocycles. The van der Waals surface area contributed by atoms with E-state index in [-0.39, 0.29) is 0 Å². The van der Waals surface area contributed by atoms with Crippen molar-refractivity contribution in [1.82, 2.24) is 9.33 Å². The van der Waals surface area contributed by atoms with E-state index in [1.54, 1.807) is 0 Å². The third-order valence-corrected chi connectivity index (χ3v) is 6.13. The van der Waals surface area contributed by atoms with Crippen LogP contribution in [0.4, 0.5) is 30.3 Å². The molecule has 0 aromatic heterocycles. The average Bonchev–Trinajstić information content (AvgIpc) is 2.22. The second kappa shape index (κ2) is 8.17. The maximum absolute atomic E-state index is 13.0. The largest absolute Gasteiger partial charge is 0.376 e. The van der Waals surface area contributed by atoms with Crippen LogP contribution in [0.1, 0.15) is 0 Å². The van der Waals surface area contributed by atoms with Crippen molar-refractivity contribution in [3.63, 3.8) is 0 Å². The Hall–Kier alpha value is 0.630. The lowest BCUT2D eigenvalue weighted by atomic mass is 11.5. The van der Waals surface area contributed by atoms with Gasteiger partial charge in [-0.15, -0.1) is 8.96 Å². The van der Waals surface area contributed by atoms with E-state index in [4.69, 9.17) is 14.4 Å². The summed E-state index contributed by atoms with van der Waals surface area (Å²) in [5.74, 6) is 0. The fraction of sp³-hybridized carbons (Fsp3) is 1.00. The third kappa shape index (κ3) is 6.29. The molecule has 18 heteroatoms. The van der Waals surface area contributed by atoms with Gasteiger partial charge in [-0.25, -0.2) is 4.52 Å². The van der Waals surface area contributed by atoms with Crippen LogP contribution in [0.15, 0.2) is 4.52 Å². The summed E-state index contributed by atoms with van der Waals surface area (Å²) in [4.78, 5) is 14.3. The van der Waals surface area contributed by atoms with Crippen molar-refractivity contribution < 1.29 is 49.2 Å². The molecule has 19 heavy (non-hydrogen) atoms. The van der Waals surface area contributed by atoms with E-state index in [1.165, 1.54) is 0 Å². The van der Waals surface area contributed by atoms with Gasteiger partial charge in [0.1, 0.15) is 0 Å². The van der Waals surface area contributed by atoms with Crippen molar-refractivity contribution in [3.8, 4) is 0 Å². The lowest BCUT2D eigenvalue weighted by molar-refractivity contribution is -0.0570. The van der Waals surface area contributed by atoms with Gasteiger partial charge in [0.05, 0.1) is 0 Å². The highest BCUT2D eigenvalue weighted by Crippen LogP contribution is 2.80. The van der Waals surface area contributed by atoms with Crippen molar-refractivity contribution in [2.45, 2.75) is 6.61 Å². The molecule has 0 radical (unpaired) electrons. The van der Waals surface area contributed by atoms with E-state index < -0.39 is 49.0 Å². The molecule has 0 saturated heterocycles. The van der Waals surface area contributed by atoms with Crippen LogP contribution in [0.5, 0.6) is 0 Å². The highest BCUT2D eigenvalue weighted by Gasteiger charge is 2.52. The van der Waals surface area contributed by atoms with Crippen molar-refractivity contribution in [2.24, 2.45) is 4.52 Å². The predicted octanol–water partition coefficient (Wildman–Crippen LogP) is 4.28. The first kappa shape index (κ1) is 19.6. The zero-order valence-corrected chi connectivity index (χ0v) is 11.8. The Kier molecular flexibility index (Phi) is 8.44. The molecule has 116 valence electrons. The molecule has 2 N–H and O–H groups in total. The van der Waals surface area contributed by atoms with Crippen molar-refractivity contribution in [2.75, 3.05) is 0 Å². The van der Waals surface area contributed by atoms with Crippen molar-refractivity contribution in [3.05, 3.63) is 0 Å². The Bertz CT molecular complexity index is 368. The lowest BCUT2D eigenvalue weighted by Gasteiger charge is -2.29. The first-order chi connectivity index (χ1) is 8.51. The summed E-state index contributed by atoms with van der Waals surface area (Å²) in [7, 11) is -16.7. The molecule has 1 rings (SSSR count). The van der Waals surface area contributed by atoms with Gasteiger partial charge in [-0.05, 0) is 4.66 Å². The lowest BCUT2D eigenvalue weighted by Crippen LogP contribution is -2.14. The molecule has 1 aliphatic heterocycles. The minimum Gasteiger partial charge on any atom is -0.326 e. The molecular formula is CH4F7N3O4P4. The number of nitrogens with zero attached hydrogens (tertiary/aromatic N) is 3. The fourth-order valence-electron chi connectivity index (χ4n) is 0.531. The molecule has 0 aliphatic carbocycles. The van der Waals surface area contributed by atoms with Gasteiger partial charge in [-0.1, -0.05) is 0 Å². The van der Waals surface area contributed by atoms with Crippen LogP contribution in [0.3, 0.4) is 0 Å². The van der Waals surface area contributed by atoms with Crippen LogP contribution in [-0.2, 0) is 9.09 Å².